The van der Waals surface area contributed by atoms with E-state index in [0.29, 0.717) is 12.1 Å². The summed E-state index contributed by atoms with van der Waals surface area (Å²) in [6.07, 6.45) is 6.10. The third-order valence-corrected chi connectivity index (χ3v) is 3.47. The maximum Gasteiger partial charge on any atom is 0.131 e. The Morgan fingerprint density at radius 2 is 2.00 bits per heavy atom. The molecule has 0 saturated carbocycles. The van der Waals surface area contributed by atoms with Crippen molar-refractivity contribution in [2.45, 2.75) is 32.2 Å². The predicted molar refractivity (Wildman–Crippen MR) is 64.3 cm³/mol. The van der Waals surface area contributed by atoms with Crippen LogP contribution in [0, 0.1) is 11.6 Å². The molecule has 0 spiro atoms. The Balaban J connectivity index is 1.90. The van der Waals surface area contributed by atoms with E-state index in [2.05, 4.69) is 4.98 Å². The minimum atomic E-state index is -0.538. The van der Waals surface area contributed by atoms with E-state index in [9.17, 15) is 8.78 Å². The summed E-state index contributed by atoms with van der Waals surface area (Å²) in [7, 11) is 0. The predicted octanol–water partition coefficient (Wildman–Crippen LogP) is 3.09. The average molecular weight is 248 g/mol. The van der Waals surface area contributed by atoms with Crippen molar-refractivity contribution in [1.82, 2.24) is 9.55 Å². The number of hydrogen-bond acceptors (Lipinski definition) is 1. The van der Waals surface area contributed by atoms with E-state index in [1.165, 1.54) is 24.2 Å². The van der Waals surface area contributed by atoms with Gasteiger partial charge < -0.3 is 4.57 Å². The van der Waals surface area contributed by atoms with Crippen molar-refractivity contribution in [2.24, 2.45) is 0 Å². The lowest BCUT2D eigenvalue weighted by Crippen LogP contribution is -2.09. The Morgan fingerprint density at radius 1 is 1.17 bits per heavy atom. The molecule has 0 N–H and O–H groups in total. The van der Waals surface area contributed by atoms with Gasteiger partial charge in [-0.2, -0.15) is 0 Å². The van der Waals surface area contributed by atoms with E-state index < -0.39 is 11.6 Å². The van der Waals surface area contributed by atoms with Gasteiger partial charge in [-0.15, -0.1) is 0 Å². The highest BCUT2D eigenvalue weighted by molar-refractivity contribution is 5.22. The highest BCUT2D eigenvalue weighted by Crippen LogP contribution is 2.21. The molecular weight excluding hydrogens is 234 g/mol. The molecule has 3 rings (SSSR count). The minimum absolute atomic E-state index is 0.425. The topological polar surface area (TPSA) is 17.8 Å². The van der Waals surface area contributed by atoms with Crippen LogP contribution in [-0.2, 0) is 19.4 Å². The Labute approximate surface area is 104 Å². The lowest BCUT2D eigenvalue weighted by atomic mass is 10.0. The molecule has 1 aliphatic rings. The normalized spacial score (nSPS) is 14.6. The van der Waals surface area contributed by atoms with Crippen LogP contribution in [0.5, 0.6) is 0 Å². The molecule has 0 bridgehead atoms. The van der Waals surface area contributed by atoms with Crippen LogP contribution in [0.2, 0.25) is 0 Å². The van der Waals surface area contributed by atoms with Gasteiger partial charge in [-0.3, -0.25) is 0 Å². The summed E-state index contributed by atoms with van der Waals surface area (Å²) in [5.74, 6) is -1.03. The molecule has 18 heavy (non-hydrogen) atoms. The smallest absolute Gasteiger partial charge is 0.131 e. The number of aryl methyl sites for hydroxylation is 1. The molecule has 0 amide bonds. The number of benzene rings is 1. The molecule has 2 aromatic rings. The zero-order chi connectivity index (χ0) is 12.5. The van der Waals surface area contributed by atoms with Crippen LogP contribution < -0.4 is 0 Å². The monoisotopic (exact) mass is 248 g/mol. The summed E-state index contributed by atoms with van der Waals surface area (Å²) < 4.78 is 28.4. The fourth-order valence-electron chi connectivity index (χ4n) is 2.50. The molecular formula is C14H14F2N2. The van der Waals surface area contributed by atoms with Gasteiger partial charge in [-0.05, 0) is 31.7 Å². The van der Waals surface area contributed by atoms with Gasteiger partial charge in [0.05, 0.1) is 18.6 Å². The first-order valence-corrected chi connectivity index (χ1v) is 6.21. The first-order valence-electron chi connectivity index (χ1n) is 6.21. The molecule has 2 nitrogen and oxygen atoms in total. The lowest BCUT2D eigenvalue weighted by molar-refractivity contribution is 0.560. The second-order valence-electron chi connectivity index (χ2n) is 4.71. The van der Waals surface area contributed by atoms with Gasteiger partial charge in [-0.25, -0.2) is 13.8 Å². The van der Waals surface area contributed by atoms with Crippen molar-refractivity contribution in [3.63, 3.8) is 0 Å². The lowest BCUT2D eigenvalue weighted by Gasteiger charge is -2.14. The minimum Gasteiger partial charge on any atom is -0.330 e. The van der Waals surface area contributed by atoms with E-state index in [4.69, 9.17) is 0 Å². The van der Waals surface area contributed by atoms with Crippen LogP contribution in [-0.4, -0.2) is 9.55 Å². The van der Waals surface area contributed by atoms with Crippen molar-refractivity contribution >= 4 is 0 Å². The second kappa shape index (κ2) is 4.52. The molecule has 1 heterocycles. The summed E-state index contributed by atoms with van der Waals surface area (Å²) in [4.78, 5) is 4.37. The zero-order valence-electron chi connectivity index (χ0n) is 10.00. The van der Waals surface area contributed by atoms with Crippen LogP contribution in [0.1, 0.15) is 29.8 Å². The number of imidazole rings is 1. The maximum absolute atomic E-state index is 13.6. The summed E-state index contributed by atoms with van der Waals surface area (Å²) in [6.45, 7) is 0.425. The van der Waals surface area contributed by atoms with Crippen LogP contribution >= 0.6 is 0 Å². The first-order chi connectivity index (χ1) is 8.74. The van der Waals surface area contributed by atoms with Crippen molar-refractivity contribution in [1.29, 1.82) is 0 Å². The van der Waals surface area contributed by atoms with Crippen molar-refractivity contribution in [3.05, 3.63) is 53.1 Å². The molecule has 0 atom stereocenters. The Bertz CT molecular complexity index is 575. The fraction of sp³-hybridized carbons (Fsp3) is 0.357. The van der Waals surface area contributed by atoms with Crippen molar-refractivity contribution < 1.29 is 8.78 Å². The molecule has 0 unspecified atom stereocenters. The van der Waals surface area contributed by atoms with Gasteiger partial charge in [0.2, 0.25) is 0 Å². The quantitative estimate of drug-likeness (QED) is 0.798. The average Bonchev–Trinajstić information content (AvgIpc) is 2.76. The largest absolute Gasteiger partial charge is 0.330 e. The highest BCUT2D eigenvalue weighted by Gasteiger charge is 2.16. The molecule has 0 aliphatic heterocycles. The van der Waals surface area contributed by atoms with E-state index in [1.54, 1.807) is 6.33 Å². The Hall–Kier alpha value is -1.71. The second-order valence-corrected chi connectivity index (χ2v) is 4.71. The van der Waals surface area contributed by atoms with Gasteiger partial charge >= 0.3 is 0 Å². The molecule has 0 fully saturated rings. The number of nitrogens with zero attached hydrogens (tertiary/aromatic N) is 2. The molecule has 4 heteroatoms. The van der Waals surface area contributed by atoms with E-state index in [-0.39, 0.29) is 0 Å². The molecule has 1 aliphatic carbocycles. The number of fused-ring (bicyclic) bond motifs is 1. The summed E-state index contributed by atoms with van der Waals surface area (Å²) in [6, 6.07) is 3.72. The van der Waals surface area contributed by atoms with Gasteiger partial charge in [0, 0.05) is 17.3 Å². The first kappa shape index (κ1) is 11.4. The van der Waals surface area contributed by atoms with Crippen LogP contribution in [0.3, 0.4) is 0 Å². The third-order valence-electron chi connectivity index (χ3n) is 3.47. The van der Waals surface area contributed by atoms with Crippen LogP contribution in [0.15, 0.2) is 24.5 Å². The third kappa shape index (κ3) is 2.03. The summed E-state index contributed by atoms with van der Waals surface area (Å²) >= 11 is 0. The number of rotatable bonds is 2. The molecule has 0 saturated heterocycles. The summed E-state index contributed by atoms with van der Waals surface area (Å²) in [5, 5.41) is 0. The SMILES string of the molecule is Fc1ccc(Cn2cnc3c2CCCC3)c(F)c1. The fourth-order valence-corrected chi connectivity index (χ4v) is 2.50. The summed E-state index contributed by atoms with van der Waals surface area (Å²) in [5.41, 5.74) is 2.83. The molecule has 1 aromatic carbocycles. The van der Waals surface area contributed by atoms with Gasteiger partial charge in [0.1, 0.15) is 11.6 Å². The Morgan fingerprint density at radius 3 is 2.83 bits per heavy atom. The number of halogens is 2. The van der Waals surface area contributed by atoms with E-state index in [0.717, 1.165) is 31.0 Å². The zero-order valence-corrected chi connectivity index (χ0v) is 10.00. The van der Waals surface area contributed by atoms with Crippen LogP contribution in [0.25, 0.3) is 0 Å². The maximum atomic E-state index is 13.6. The van der Waals surface area contributed by atoms with Gasteiger partial charge in [0.15, 0.2) is 0 Å². The van der Waals surface area contributed by atoms with Gasteiger partial charge in [-0.1, -0.05) is 6.07 Å². The van der Waals surface area contributed by atoms with Crippen molar-refractivity contribution in [2.75, 3.05) is 0 Å². The Kier molecular flexibility index (Phi) is 2.86. The highest BCUT2D eigenvalue weighted by atomic mass is 19.1. The molecule has 0 radical (unpaired) electrons. The van der Waals surface area contributed by atoms with Crippen molar-refractivity contribution in [3.8, 4) is 0 Å². The van der Waals surface area contributed by atoms with Crippen LogP contribution in [0.4, 0.5) is 8.78 Å². The standard InChI is InChI=1S/C14H14F2N2/c15-11-6-5-10(12(16)7-11)8-18-9-17-13-3-1-2-4-14(13)18/h5-7,9H,1-4,8H2. The van der Waals surface area contributed by atoms with E-state index >= 15 is 0 Å². The molecule has 1 aromatic heterocycles. The molecule has 94 valence electrons. The number of hydrogen-bond donors (Lipinski definition) is 0. The number of aromatic nitrogens is 2. The van der Waals surface area contributed by atoms with E-state index in [1.807, 2.05) is 4.57 Å². The van der Waals surface area contributed by atoms with Gasteiger partial charge in [0.25, 0.3) is 0 Å².